The van der Waals surface area contributed by atoms with E-state index in [1.807, 2.05) is 14.0 Å². The lowest BCUT2D eigenvalue weighted by molar-refractivity contribution is -0.126. The largest absolute Gasteiger partial charge is 0.364 e. The van der Waals surface area contributed by atoms with E-state index in [-0.39, 0.29) is 24.4 Å². The van der Waals surface area contributed by atoms with Crippen LogP contribution in [-0.4, -0.2) is 44.6 Å². The summed E-state index contributed by atoms with van der Waals surface area (Å²) < 4.78 is 7.25. The van der Waals surface area contributed by atoms with Crippen LogP contribution in [0.2, 0.25) is 0 Å². The number of H-pyrrole nitrogens is 1. The van der Waals surface area contributed by atoms with E-state index >= 15 is 0 Å². The highest BCUT2D eigenvalue weighted by Gasteiger charge is 2.30. The van der Waals surface area contributed by atoms with Gasteiger partial charge in [0.15, 0.2) is 5.65 Å². The summed E-state index contributed by atoms with van der Waals surface area (Å²) in [6.45, 7) is 2.32. The summed E-state index contributed by atoms with van der Waals surface area (Å²) in [4.78, 5) is 12.2. The average molecular weight is 315 g/mol. The molecule has 0 spiro atoms. The summed E-state index contributed by atoms with van der Waals surface area (Å²) >= 11 is 0. The molecule has 1 aliphatic rings. The molecule has 4 N–H and O–H groups in total. The molecular weight excluding hydrogens is 296 g/mol. The first-order chi connectivity index (χ1) is 9.60. The molecule has 9 heteroatoms. The topological polar surface area (TPSA) is 111 Å². The van der Waals surface area contributed by atoms with Gasteiger partial charge in [-0.3, -0.25) is 9.89 Å². The number of hydrogen-bond donors (Lipinski definition) is 3. The first kappa shape index (κ1) is 15.7. The Hall–Kier alpha value is -1.64. The van der Waals surface area contributed by atoms with Crippen LogP contribution < -0.4 is 11.1 Å². The third-order valence-corrected chi connectivity index (χ3v) is 3.63. The van der Waals surface area contributed by atoms with Gasteiger partial charge in [0.1, 0.15) is 11.9 Å². The van der Waals surface area contributed by atoms with Crippen LogP contribution >= 0.6 is 12.4 Å². The number of aryl methyl sites for hydroxylation is 2. The molecule has 0 saturated carbocycles. The van der Waals surface area contributed by atoms with Gasteiger partial charge in [0.2, 0.25) is 0 Å². The minimum absolute atomic E-state index is 0. The molecular formula is C12H19ClN6O2. The number of hydrogen-bond acceptors (Lipinski definition) is 5. The highest BCUT2D eigenvalue weighted by Crippen LogP contribution is 2.25. The van der Waals surface area contributed by atoms with Crippen molar-refractivity contribution in [1.29, 1.82) is 0 Å². The lowest BCUT2D eigenvalue weighted by atomic mass is 10.2. The van der Waals surface area contributed by atoms with Crippen LogP contribution in [0.15, 0.2) is 0 Å². The standard InChI is InChI=1S/C12H18N6O2.ClH/c1-6-9-10(15-16-11(9)18(2)17-6)14-12(19)8-4-3-7(5-13)20-8;/h7-8H,3-5,13H2,1-2H3,(H2,14,15,16,19);1H/t7-,8+;/m1./s1. The van der Waals surface area contributed by atoms with Gasteiger partial charge in [0, 0.05) is 13.6 Å². The van der Waals surface area contributed by atoms with Crippen LogP contribution in [0.3, 0.4) is 0 Å². The number of aromatic amines is 1. The number of anilines is 1. The van der Waals surface area contributed by atoms with Gasteiger partial charge in [-0.05, 0) is 19.8 Å². The van der Waals surface area contributed by atoms with E-state index < -0.39 is 6.10 Å². The molecule has 0 bridgehead atoms. The molecule has 2 aromatic heterocycles. The van der Waals surface area contributed by atoms with Gasteiger partial charge in [0.25, 0.3) is 5.91 Å². The zero-order valence-electron chi connectivity index (χ0n) is 11.9. The second-order valence-corrected chi connectivity index (χ2v) is 5.06. The molecule has 0 aliphatic carbocycles. The SMILES string of the molecule is Cc1nn(C)c2n[nH]c(NC(=O)[C@@H]3CC[C@H](CN)O3)c12.Cl. The smallest absolute Gasteiger partial charge is 0.254 e. The van der Waals surface area contributed by atoms with Gasteiger partial charge < -0.3 is 15.8 Å². The summed E-state index contributed by atoms with van der Waals surface area (Å²) in [5.41, 5.74) is 7.08. The Morgan fingerprint density at radius 1 is 1.57 bits per heavy atom. The first-order valence-corrected chi connectivity index (χ1v) is 6.64. The van der Waals surface area contributed by atoms with Gasteiger partial charge in [0.05, 0.1) is 17.2 Å². The third kappa shape index (κ3) is 2.74. The zero-order valence-corrected chi connectivity index (χ0v) is 12.7. The molecule has 1 saturated heterocycles. The predicted molar refractivity (Wildman–Crippen MR) is 80.4 cm³/mol. The van der Waals surface area contributed by atoms with Gasteiger partial charge in [-0.1, -0.05) is 0 Å². The predicted octanol–water partition coefficient (Wildman–Crippen LogP) is 0.471. The van der Waals surface area contributed by atoms with Crippen molar-refractivity contribution < 1.29 is 9.53 Å². The number of ether oxygens (including phenoxy) is 1. The quantitative estimate of drug-likeness (QED) is 0.762. The lowest BCUT2D eigenvalue weighted by Crippen LogP contribution is -2.30. The Kier molecular flexibility index (Phi) is 4.50. The number of nitrogens with two attached hydrogens (primary N) is 1. The van der Waals surface area contributed by atoms with Crippen molar-refractivity contribution in [3.05, 3.63) is 5.69 Å². The molecule has 21 heavy (non-hydrogen) atoms. The summed E-state index contributed by atoms with van der Waals surface area (Å²) in [5, 5.41) is 14.9. The van der Waals surface area contributed by atoms with E-state index in [1.54, 1.807) is 4.68 Å². The number of nitrogens with one attached hydrogen (secondary N) is 2. The Labute approximate surface area is 127 Å². The maximum absolute atomic E-state index is 12.2. The van der Waals surface area contributed by atoms with Crippen LogP contribution in [0, 0.1) is 6.92 Å². The van der Waals surface area contributed by atoms with Crippen LogP contribution in [0.1, 0.15) is 18.5 Å². The number of fused-ring (bicyclic) bond motifs is 1. The molecule has 116 valence electrons. The molecule has 0 radical (unpaired) electrons. The monoisotopic (exact) mass is 314 g/mol. The van der Waals surface area contributed by atoms with Crippen molar-refractivity contribution in [3.63, 3.8) is 0 Å². The lowest BCUT2D eigenvalue weighted by Gasteiger charge is -2.11. The second kappa shape index (κ2) is 6.00. The Bertz CT molecular complexity index is 651. The molecule has 1 aliphatic heterocycles. The van der Waals surface area contributed by atoms with E-state index in [9.17, 15) is 4.79 Å². The number of nitrogens with zero attached hydrogens (tertiary/aromatic N) is 3. The van der Waals surface area contributed by atoms with Gasteiger partial charge in [-0.15, -0.1) is 12.4 Å². The number of aromatic nitrogens is 4. The number of amides is 1. The summed E-state index contributed by atoms with van der Waals surface area (Å²) in [7, 11) is 1.81. The molecule has 1 amide bonds. The molecule has 0 aromatic carbocycles. The molecule has 3 heterocycles. The number of rotatable bonds is 3. The van der Waals surface area contributed by atoms with Gasteiger partial charge >= 0.3 is 0 Å². The molecule has 2 atom stereocenters. The van der Waals surface area contributed by atoms with Crippen molar-refractivity contribution in [2.24, 2.45) is 12.8 Å². The average Bonchev–Trinajstić information content (AvgIpc) is 3.09. The molecule has 2 aromatic rings. The fraction of sp³-hybridized carbons (Fsp3) is 0.583. The van der Waals surface area contributed by atoms with Crippen LogP contribution in [0.4, 0.5) is 5.82 Å². The number of carbonyl (C=O) groups is 1. The van der Waals surface area contributed by atoms with Crippen LogP contribution in [0.25, 0.3) is 11.0 Å². The van der Waals surface area contributed by atoms with E-state index in [4.69, 9.17) is 10.5 Å². The highest BCUT2D eigenvalue weighted by atomic mass is 35.5. The minimum atomic E-state index is -0.445. The number of carbonyl (C=O) groups excluding carboxylic acids is 1. The fourth-order valence-corrected chi connectivity index (χ4v) is 2.60. The number of halogens is 1. The van der Waals surface area contributed by atoms with E-state index in [2.05, 4.69) is 20.6 Å². The van der Waals surface area contributed by atoms with Crippen molar-refractivity contribution in [3.8, 4) is 0 Å². The minimum Gasteiger partial charge on any atom is -0.364 e. The molecule has 3 rings (SSSR count). The third-order valence-electron chi connectivity index (χ3n) is 3.63. The van der Waals surface area contributed by atoms with Gasteiger partial charge in [-0.2, -0.15) is 10.2 Å². The zero-order chi connectivity index (χ0) is 14.3. The van der Waals surface area contributed by atoms with Crippen molar-refractivity contribution >= 4 is 35.2 Å². The maximum Gasteiger partial charge on any atom is 0.254 e. The Morgan fingerprint density at radius 2 is 2.33 bits per heavy atom. The van der Waals surface area contributed by atoms with E-state index in [1.165, 1.54) is 0 Å². The van der Waals surface area contributed by atoms with E-state index in [0.717, 1.165) is 17.5 Å². The molecule has 8 nitrogen and oxygen atoms in total. The summed E-state index contributed by atoms with van der Waals surface area (Å²) in [6.07, 6.45) is 1.04. The summed E-state index contributed by atoms with van der Waals surface area (Å²) in [5.74, 6) is 0.394. The molecule has 1 fully saturated rings. The maximum atomic E-state index is 12.2. The van der Waals surface area contributed by atoms with Crippen molar-refractivity contribution in [2.45, 2.75) is 32.0 Å². The van der Waals surface area contributed by atoms with Crippen molar-refractivity contribution in [2.75, 3.05) is 11.9 Å². The molecule has 0 unspecified atom stereocenters. The second-order valence-electron chi connectivity index (χ2n) is 5.06. The first-order valence-electron chi connectivity index (χ1n) is 6.64. The Balaban J connectivity index is 0.00000161. The fourth-order valence-electron chi connectivity index (χ4n) is 2.60. The van der Waals surface area contributed by atoms with E-state index in [0.29, 0.717) is 24.4 Å². The summed E-state index contributed by atoms with van der Waals surface area (Å²) in [6, 6.07) is 0. The van der Waals surface area contributed by atoms with Gasteiger partial charge in [-0.25, -0.2) is 4.68 Å². The van der Waals surface area contributed by atoms with Crippen molar-refractivity contribution in [1.82, 2.24) is 20.0 Å². The normalized spacial score (nSPS) is 21.5. The Morgan fingerprint density at radius 3 is 3.00 bits per heavy atom. The van der Waals surface area contributed by atoms with Crippen LogP contribution in [-0.2, 0) is 16.6 Å². The van der Waals surface area contributed by atoms with Crippen LogP contribution in [0.5, 0.6) is 0 Å². The highest BCUT2D eigenvalue weighted by molar-refractivity contribution is 6.01.